The van der Waals surface area contributed by atoms with Crippen molar-refractivity contribution in [1.82, 2.24) is 20.1 Å². The van der Waals surface area contributed by atoms with Crippen LogP contribution in [0, 0.1) is 11.8 Å². The molecule has 4 heteroatoms. The van der Waals surface area contributed by atoms with Crippen LogP contribution in [-0.2, 0) is 13.1 Å². The molecular formula is C14H24N4. The Kier molecular flexibility index (Phi) is 3.64. The number of hydrogen-bond donors (Lipinski definition) is 1. The Balaban J connectivity index is 1.50. The van der Waals surface area contributed by atoms with Crippen LogP contribution in [0.1, 0.15) is 51.3 Å². The molecule has 0 aromatic carbocycles. The average Bonchev–Trinajstić information content (AvgIpc) is 3.16. The molecule has 0 aliphatic heterocycles. The number of aryl methyl sites for hydroxylation is 1. The quantitative estimate of drug-likeness (QED) is 0.870. The summed E-state index contributed by atoms with van der Waals surface area (Å²) in [6, 6.07) is 0.700. The van der Waals surface area contributed by atoms with Crippen molar-refractivity contribution in [2.75, 3.05) is 0 Å². The number of nitrogens with one attached hydrogen (secondary N) is 1. The molecular weight excluding hydrogens is 224 g/mol. The predicted octanol–water partition coefficient (Wildman–Crippen LogP) is 2.36. The lowest BCUT2D eigenvalue weighted by Crippen LogP contribution is -2.35. The van der Waals surface area contributed by atoms with Crippen molar-refractivity contribution >= 4 is 0 Å². The van der Waals surface area contributed by atoms with Gasteiger partial charge in [0.25, 0.3) is 0 Å². The zero-order chi connectivity index (χ0) is 12.4. The molecule has 2 aliphatic carbocycles. The van der Waals surface area contributed by atoms with E-state index in [0.29, 0.717) is 6.04 Å². The van der Waals surface area contributed by atoms with Crippen LogP contribution in [-0.4, -0.2) is 20.8 Å². The Hall–Kier alpha value is -0.900. The minimum absolute atomic E-state index is 0.700. The van der Waals surface area contributed by atoms with E-state index in [4.69, 9.17) is 0 Å². The summed E-state index contributed by atoms with van der Waals surface area (Å²) in [4.78, 5) is 0. The molecule has 0 saturated heterocycles. The molecule has 100 valence electrons. The molecule has 0 radical (unpaired) electrons. The highest BCUT2D eigenvalue weighted by atomic mass is 15.3. The van der Waals surface area contributed by atoms with Crippen molar-refractivity contribution in [2.24, 2.45) is 11.8 Å². The molecule has 2 atom stereocenters. The van der Waals surface area contributed by atoms with Gasteiger partial charge in [-0.1, -0.05) is 12.8 Å². The third kappa shape index (κ3) is 2.74. The molecule has 2 unspecified atom stereocenters. The minimum atomic E-state index is 0.700. The van der Waals surface area contributed by atoms with Gasteiger partial charge in [0.05, 0.1) is 6.54 Å². The summed E-state index contributed by atoms with van der Waals surface area (Å²) >= 11 is 0. The molecule has 18 heavy (non-hydrogen) atoms. The van der Waals surface area contributed by atoms with Gasteiger partial charge in [0.1, 0.15) is 12.2 Å². The van der Waals surface area contributed by atoms with Crippen LogP contribution >= 0.6 is 0 Å². The van der Waals surface area contributed by atoms with E-state index in [9.17, 15) is 0 Å². The Morgan fingerprint density at radius 3 is 2.94 bits per heavy atom. The highest BCUT2D eigenvalue weighted by Gasteiger charge is 2.34. The van der Waals surface area contributed by atoms with Crippen molar-refractivity contribution in [3.63, 3.8) is 0 Å². The van der Waals surface area contributed by atoms with Crippen molar-refractivity contribution in [3.05, 3.63) is 12.2 Å². The summed E-state index contributed by atoms with van der Waals surface area (Å²) < 4.78 is 2.12. The first-order valence-electron chi connectivity index (χ1n) is 7.47. The molecule has 1 aromatic rings. The third-order valence-electron chi connectivity index (χ3n) is 4.59. The molecule has 0 bridgehead atoms. The van der Waals surface area contributed by atoms with E-state index in [0.717, 1.165) is 30.7 Å². The predicted molar refractivity (Wildman–Crippen MR) is 71.0 cm³/mol. The van der Waals surface area contributed by atoms with Crippen LogP contribution in [0.4, 0.5) is 0 Å². The van der Waals surface area contributed by atoms with E-state index in [1.807, 2.05) is 6.33 Å². The maximum absolute atomic E-state index is 4.19. The van der Waals surface area contributed by atoms with Crippen molar-refractivity contribution in [2.45, 2.75) is 64.6 Å². The molecule has 1 heterocycles. The normalized spacial score (nSPS) is 28.5. The second-order valence-corrected chi connectivity index (χ2v) is 5.88. The molecule has 1 aromatic heterocycles. The number of rotatable bonds is 5. The van der Waals surface area contributed by atoms with Gasteiger partial charge in [-0.15, -0.1) is 10.2 Å². The maximum Gasteiger partial charge on any atom is 0.146 e. The summed E-state index contributed by atoms with van der Waals surface area (Å²) in [6.07, 6.45) is 10.4. The van der Waals surface area contributed by atoms with Crippen molar-refractivity contribution in [1.29, 1.82) is 0 Å². The van der Waals surface area contributed by atoms with Gasteiger partial charge in [0.2, 0.25) is 0 Å². The maximum atomic E-state index is 4.19. The van der Waals surface area contributed by atoms with Gasteiger partial charge < -0.3 is 9.88 Å². The second-order valence-electron chi connectivity index (χ2n) is 5.88. The van der Waals surface area contributed by atoms with Crippen LogP contribution in [0.5, 0.6) is 0 Å². The highest BCUT2D eigenvalue weighted by Crippen LogP contribution is 2.43. The largest absolute Gasteiger partial charge is 0.317 e. The lowest BCUT2D eigenvalue weighted by Gasteiger charge is -2.29. The van der Waals surface area contributed by atoms with E-state index >= 15 is 0 Å². The first-order chi connectivity index (χ1) is 8.86. The molecule has 2 fully saturated rings. The van der Waals surface area contributed by atoms with Crippen LogP contribution < -0.4 is 5.32 Å². The van der Waals surface area contributed by atoms with Crippen LogP contribution in [0.3, 0.4) is 0 Å². The fourth-order valence-electron chi connectivity index (χ4n) is 3.32. The molecule has 2 aliphatic rings. The first-order valence-corrected chi connectivity index (χ1v) is 7.47. The van der Waals surface area contributed by atoms with Crippen LogP contribution in [0.25, 0.3) is 0 Å². The van der Waals surface area contributed by atoms with Crippen molar-refractivity contribution < 1.29 is 0 Å². The van der Waals surface area contributed by atoms with Gasteiger partial charge in [-0.2, -0.15) is 0 Å². The van der Waals surface area contributed by atoms with Gasteiger partial charge in [-0.25, -0.2) is 0 Å². The van der Waals surface area contributed by atoms with Gasteiger partial charge >= 0.3 is 0 Å². The zero-order valence-corrected chi connectivity index (χ0v) is 11.3. The van der Waals surface area contributed by atoms with E-state index in [-0.39, 0.29) is 0 Å². The number of aromatic nitrogens is 3. The molecule has 0 amide bonds. The molecule has 3 rings (SSSR count). The summed E-state index contributed by atoms with van der Waals surface area (Å²) in [7, 11) is 0. The van der Waals surface area contributed by atoms with E-state index in [2.05, 4.69) is 27.0 Å². The molecule has 0 spiro atoms. The lowest BCUT2D eigenvalue weighted by atomic mass is 9.83. The van der Waals surface area contributed by atoms with Crippen LogP contribution in [0.2, 0.25) is 0 Å². The first kappa shape index (κ1) is 12.2. The summed E-state index contributed by atoms with van der Waals surface area (Å²) in [5, 5.41) is 11.9. The SMILES string of the molecule is CCn1cnnc1CNC1CCCC(C2CC2)C1. The van der Waals surface area contributed by atoms with Gasteiger partial charge in [-0.3, -0.25) is 0 Å². The van der Waals surface area contributed by atoms with E-state index < -0.39 is 0 Å². The van der Waals surface area contributed by atoms with E-state index in [1.165, 1.54) is 38.5 Å². The standard InChI is InChI=1S/C14H24N4/c1-2-18-10-16-17-14(18)9-15-13-5-3-4-12(8-13)11-6-7-11/h10-13,15H,2-9H2,1H3. The Morgan fingerprint density at radius 2 is 2.17 bits per heavy atom. The van der Waals surface area contributed by atoms with E-state index in [1.54, 1.807) is 0 Å². The monoisotopic (exact) mass is 248 g/mol. The Labute approximate surface area is 109 Å². The van der Waals surface area contributed by atoms with Gasteiger partial charge in [-0.05, 0) is 44.4 Å². The summed E-state index contributed by atoms with van der Waals surface area (Å²) in [5.41, 5.74) is 0. The summed E-state index contributed by atoms with van der Waals surface area (Å²) in [6.45, 7) is 3.96. The second kappa shape index (κ2) is 5.39. The van der Waals surface area contributed by atoms with Gasteiger partial charge in [0, 0.05) is 12.6 Å². The average molecular weight is 248 g/mol. The Bertz CT molecular complexity index is 383. The lowest BCUT2D eigenvalue weighted by molar-refractivity contribution is 0.258. The smallest absolute Gasteiger partial charge is 0.146 e. The molecule has 2 saturated carbocycles. The fraction of sp³-hybridized carbons (Fsp3) is 0.857. The highest BCUT2D eigenvalue weighted by molar-refractivity contribution is 4.90. The number of nitrogens with zero attached hydrogens (tertiary/aromatic N) is 3. The summed E-state index contributed by atoms with van der Waals surface area (Å²) in [5.74, 6) is 3.14. The van der Waals surface area contributed by atoms with Crippen molar-refractivity contribution in [3.8, 4) is 0 Å². The molecule has 4 nitrogen and oxygen atoms in total. The Morgan fingerprint density at radius 1 is 1.28 bits per heavy atom. The third-order valence-corrected chi connectivity index (χ3v) is 4.59. The number of hydrogen-bond acceptors (Lipinski definition) is 3. The topological polar surface area (TPSA) is 42.7 Å². The minimum Gasteiger partial charge on any atom is -0.317 e. The zero-order valence-electron chi connectivity index (χ0n) is 11.3. The molecule has 1 N–H and O–H groups in total. The van der Waals surface area contributed by atoms with Gasteiger partial charge in [0.15, 0.2) is 0 Å². The fourth-order valence-corrected chi connectivity index (χ4v) is 3.32. The van der Waals surface area contributed by atoms with Crippen LogP contribution in [0.15, 0.2) is 6.33 Å².